The standard InChI is InChI=1S/C15H22N4O2/c1-3-11(7-8-20)10-16-15(21)12-5-6-14-13(9-12)17-18-19(14)4-2/h5-6,9,11,20H,3-4,7-8,10H2,1-2H3,(H,16,21). The van der Waals surface area contributed by atoms with Gasteiger partial charge in [-0.1, -0.05) is 18.6 Å². The van der Waals surface area contributed by atoms with Crippen LogP contribution >= 0.6 is 0 Å². The molecule has 2 rings (SSSR count). The topological polar surface area (TPSA) is 80.0 Å². The van der Waals surface area contributed by atoms with Gasteiger partial charge in [0.15, 0.2) is 0 Å². The van der Waals surface area contributed by atoms with E-state index in [1.807, 2.05) is 13.0 Å². The first-order valence-electron chi connectivity index (χ1n) is 7.41. The third-order valence-corrected chi connectivity index (χ3v) is 3.74. The van der Waals surface area contributed by atoms with E-state index in [9.17, 15) is 4.79 Å². The Balaban J connectivity index is 2.05. The van der Waals surface area contributed by atoms with Crippen LogP contribution in [0.1, 0.15) is 37.0 Å². The number of fused-ring (bicyclic) bond motifs is 1. The summed E-state index contributed by atoms with van der Waals surface area (Å²) in [7, 11) is 0. The maximum atomic E-state index is 12.2. The number of aromatic nitrogens is 3. The van der Waals surface area contributed by atoms with Crippen molar-refractivity contribution in [2.45, 2.75) is 33.2 Å². The van der Waals surface area contributed by atoms with Gasteiger partial charge in [-0.2, -0.15) is 0 Å². The summed E-state index contributed by atoms with van der Waals surface area (Å²) in [6, 6.07) is 5.43. The summed E-state index contributed by atoms with van der Waals surface area (Å²) in [6.07, 6.45) is 1.64. The van der Waals surface area contributed by atoms with Crippen molar-refractivity contribution in [3.8, 4) is 0 Å². The van der Waals surface area contributed by atoms with Crippen molar-refractivity contribution in [3.63, 3.8) is 0 Å². The maximum Gasteiger partial charge on any atom is 0.251 e. The van der Waals surface area contributed by atoms with E-state index < -0.39 is 0 Å². The monoisotopic (exact) mass is 290 g/mol. The van der Waals surface area contributed by atoms with Crippen LogP contribution in [0.5, 0.6) is 0 Å². The van der Waals surface area contributed by atoms with Crippen LogP contribution in [0.2, 0.25) is 0 Å². The van der Waals surface area contributed by atoms with E-state index in [1.54, 1.807) is 16.8 Å². The Labute approximate surface area is 124 Å². The van der Waals surface area contributed by atoms with Crippen molar-refractivity contribution in [3.05, 3.63) is 23.8 Å². The highest BCUT2D eigenvalue weighted by Gasteiger charge is 2.12. The molecular weight excluding hydrogens is 268 g/mol. The predicted molar refractivity (Wildman–Crippen MR) is 81.0 cm³/mol. The highest BCUT2D eigenvalue weighted by Crippen LogP contribution is 2.14. The lowest BCUT2D eigenvalue weighted by molar-refractivity contribution is 0.0943. The van der Waals surface area contributed by atoms with Gasteiger partial charge in [-0.05, 0) is 37.5 Å². The summed E-state index contributed by atoms with van der Waals surface area (Å²) in [4.78, 5) is 12.2. The van der Waals surface area contributed by atoms with E-state index in [1.165, 1.54) is 0 Å². The molecule has 114 valence electrons. The Morgan fingerprint density at radius 3 is 2.90 bits per heavy atom. The molecule has 0 bridgehead atoms. The summed E-state index contributed by atoms with van der Waals surface area (Å²) in [5.74, 6) is 0.197. The molecule has 0 spiro atoms. The van der Waals surface area contributed by atoms with E-state index in [2.05, 4.69) is 22.6 Å². The second kappa shape index (κ2) is 7.17. The first kappa shape index (κ1) is 15.4. The van der Waals surface area contributed by atoms with Crippen LogP contribution in [0, 0.1) is 5.92 Å². The van der Waals surface area contributed by atoms with Crippen molar-refractivity contribution in [2.75, 3.05) is 13.2 Å². The first-order valence-corrected chi connectivity index (χ1v) is 7.41. The number of amides is 1. The minimum atomic E-state index is -0.112. The Morgan fingerprint density at radius 2 is 2.24 bits per heavy atom. The molecule has 0 radical (unpaired) electrons. The van der Waals surface area contributed by atoms with Gasteiger partial charge in [-0.3, -0.25) is 4.79 Å². The molecule has 2 aromatic rings. The van der Waals surface area contributed by atoms with Gasteiger partial charge in [0, 0.05) is 25.3 Å². The van der Waals surface area contributed by atoms with Gasteiger partial charge in [0.05, 0.1) is 5.52 Å². The SMILES string of the molecule is CCC(CCO)CNC(=O)c1ccc2c(c1)nnn2CC. The number of hydrogen-bond acceptors (Lipinski definition) is 4. The zero-order valence-corrected chi connectivity index (χ0v) is 12.5. The predicted octanol–water partition coefficient (Wildman–Crippen LogP) is 1.59. The van der Waals surface area contributed by atoms with Crippen LogP contribution in [0.15, 0.2) is 18.2 Å². The smallest absolute Gasteiger partial charge is 0.251 e. The molecule has 0 fully saturated rings. The minimum Gasteiger partial charge on any atom is -0.396 e. The quantitative estimate of drug-likeness (QED) is 0.811. The van der Waals surface area contributed by atoms with Crippen LogP contribution in [-0.2, 0) is 6.54 Å². The van der Waals surface area contributed by atoms with Gasteiger partial charge in [0.1, 0.15) is 5.52 Å². The Bertz CT molecular complexity index is 609. The molecule has 6 heteroatoms. The van der Waals surface area contributed by atoms with Crippen molar-refractivity contribution in [1.82, 2.24) is 20.3 Å². The van der Waals surface area contributed by atoms with Gasteiger partial charge >= 0.3 is 0 Å². The van der Waals surface area contributed by atoms with E-state index in [0.717, 1.165) is 24.0 Å². The molecule has 1 amide bonds. The number of hydrogen-bond donors (Lipinski definition) is 2. The number of carbonyl (C=O) groups excluding carboxylic acids is 1. The highest BCUT2D eigenvalue weighted by molar-refractivity contribution is 5.97. The van der Waals surface area contributed by atoms with E-state index in [4.69, 9.17) is 5.11 Å². The van der Waals surface area contributed by atoms with Crippen molar-refractivity contribution in [2.24, 2.45) is 5.92 Å². The third-order valence-electron chi connectivity index (χ3n) is 3.74. The molecule has 1 heterocycles. The summed E-state index contributed by atoms with van der Waals surface area (Å²) < 4.78 is 1.80. The molecule has 2 N–H and O–H groups in total. The van der Waals surface area contributed by atoms with Crippen molar-refractivity contribution in [1.29, 1.82) is 0 Å². The normalized spacial score (nSPS) is 12.5. The van der Waals surface area contributed by atoms with Crippen molar-refractivity contribution >= 4 is 16.9 Å². The minimum absolute atomic E-state index is 0.112. The van der Waals surface area contributed by atoms with Gasteiger partial charge in [-0.15, -0.1) is 5.10 Å². The highest BCUT2D eigenvalue weighted by atomic mass is 16.3. The third kappa shape index (κ3) is 3.58. The summed E-state index contributed by atoms with van der Waals surface area (Å²) in [6.45, 7) is 5.54. The van der Waals surface area contributed by atoms with Crippen LogP contribution in [-0.4, -0.2) is 39.2 Å². The maximum absolute atomic E-state index is 12.2. The molecule has 21 heavy (non-hydrogen) atoms. The molecule has 1 atom stereocenters. The Morgan fingerprint density at radius 1 is 1.43 bits per heavy atom. The average molecular weight is 290 g/mol. The number of benzene rings is 1. The number of aliphatic hydroxyl groups excluding tert-OH is 1. The fourth-order valence-electron chi connectivity index (χ4n) is 2.32. The summed E-state index contributed by atoms with van der Waals surface area (Å²) in [5, 5.41) is 20.0. The van der Waals surface area contributed by atoms with E-state index >= 15 is 0 Å². The molecular formula is C15H22N4O2. The molecule has 1 aromatic heterocycles. The van der Waals surface area contributed by atoms with E-state index in [0.29, 0.717) is 24.4 Å². The second-order valence-electron chi connectivity index (χ2n) is 5.11. The molecule has 0 aliphatic rings. The summed E-state index contributed by atoms with van der Waals surface area (Å²) >= 11 is 0. The van der Waals surface area contributed by atoms with Gasteiger partial charge in [-0.25, -0.2) is 4.68 Å². The number of aryl methyl sites for hydroxylation is 1. The molecule has 1 aromatic carbocycles. The molecule has 1 unspecified atom stereocenters. The number of rotatable bonds is 7. The van der Waals surface area contributed by atoms with Crippen LogP contribution in [0.4, 0.5) is 0 Å². The lowest BCUT2D eigenvalue weighted by Gasteiger charge is -2.14. The van der Waals surface area contributed by atoms with E-state index in [-0.39, 0.29) is 12.5 Å². The summed E-state index contributed by atoms with van der Waals surface area (Å²) in [5.41, 5.74) is 2.25. The lowest BCUT2D eigenvalue weighted by Crippen LogP contribution is -2.29. The molecule has 0 aliphatic carbocycles. The second-order valence-corrected chi connectivity index (χ2v) is 5.11. The zero-order valence-electron chi connectivity index (χ0n) is 12.5. The fourth-order valence-corrected chi connectivity index (χ4v) is 2.32. The molecule has 0 aliphatic heterocycles. The Hall–Kier alpha value is -1.95. The van der Waals surface area contributed by atoms with Crippen LogP contribution in [0.3, 0.4) is 0 Å². The number of nitrogens with one attached hydrogen (secondary N) is 1. The number of aliphatic hydroxyl groups is 1. The van der Waals surface area contributed by atoms with Crippen LogP contribution in [0.25, 0.3) is 11.0 Å². The number of nitrogens with zero attached hydrogens (tertiary/aromatic N) is 3. The fraction of sp³-hybridized carbons (Fsp3) is 0.533. The van der Waals surface area contributed by atoms with Gasteiger partial charge in [0.25, 0.3) is 5.91 Å². The first-order chi connectivity index (χ1) is 10.2. The lowest BCUT2D eigenvalue weighted by atomic mass is 10.0. The zero-order chi connectivity index (χ0) is 15.2. The molecule has 0 saturated carbocycles. The van der Waals surface area contributed by atoms with Crippen LogP contribution < -0.4 is 5.32 Å². The van der Waals surface area contributed by atoms with Gasteiger partial charge in [0.2, 0.25) is 0 Å². The van der Waals surface area contributed by atoms with Crippen molar-refractivity contribution < 1.29 is 9.90 Å². The largest absolute Gasteiger partial charge is 0.396 e. The molecule has 0 saturated heterocycles. The Kier molecular flexibility index (Phi) is 5.27. The van der Waals surface area contributed by atoms with Gasteiger partial charge < -0.3 is 10.4 Å². The molecule has 6 nitrogen and oxygen atoms in total. The average Bonchev–Trinajstić information content (AvgIpc) is 2.93. The number of carbonyl (C=O) groups is 1.